The van der Waals surface area contributed by atoms with Gasteiger partial charge in [0, 0.05) is 19.6 Å². The first-order valence-corrected chi connectivity index (χ1v) is 10.7. The van der Waals surface area contributed by atoms with Gasteiger partial charge in [-0.2, -0.15) is 0 Å². The first kappa shape index (κ1) is 22.8. The Labute approximate surface area is 173 Å². The highest BCUT2D eigenvalue weighted by Crippen LogP contribution is 2.19. The number of esters is 1. The number of hydrogen-bond acceptors (Lipinski definition) is 5. The molecule has 2 heterocycles. The molecular weight excluding hydrogens is 370 g/mol. The van der Waals surface area contributed by atoms with Crippen molar-refractivity contribution in [1.82, 2.24) is 15.2 Å². The van der Waals surface area contributed by atoms with Crippen molar-refractivity contribution in [3.8, 4) is 0 Å². The van der Waals surface area contributed by atoms with Crippen molar-refractivity contribution in [2.45, 2.75) is 59.3 Å². The third kappa shape index (κ3) is 6.54. The highest BCUT2D eigenvalue weighted by Gasteiger charge is 2.29. The number of nitrogens with one attached hydrogen (secondary N) is 1. The maximum absolute atomic E-state index is 12.9. The molecule has 1 N–H and O–H groups in total. The number of pyridine rings is 1. The van der Waals surface area contributed by atoms with E-state index in [2.05, 4.69) is 17.2 Å². The van der Waals surface area contributed by atoms with E-state index in [1.807, 2.05) is 0 Å². The molecule has 1 aliphatic heterocycles. The standard InChI is InChI=1S/C22H33N3O4/c1-4-6-7-8-13-23-20(26)17-10-9-14-25(15-17)21(27)19-12-11-18(16(3)24-19)22(28)29-5-2/h11-12,17H,4-10,13-15H2,1-3H3,(H,23,26). The zero-order chi connectivity index (χ0) is 21.2. The summed E-state index contributed by atoms with van der Waals surface area (Å²) in [7, 11) is 0. The molecule has 1 saturated heterocycles. The van der Waals surface area contributed by atoms with Gasteiger partial charge in [0.15, 0.2) is 0 Å². The Hall–Kier alpha value is -2.44. The summed E-state index contributed by atoms with van der Waals surface area (Å²) >= 11 is 0. The van der Waals surface area contributed by atoms with Crippen molar-refractivity contribution in [1.29, 1.82) is 0 Å². The molecule has 160 valence electrons. The number of rotatable bonds is 9. The monoisotopic (exact) mass is 403 g/mol. The topological polar surface area (TPSA) is 88.6 Å². The normalized spacial score (nSPS) is 16.4. The lowest BCUT2D eigenvalue weighted by molar-refractivity contribution is -0.126. The second kappa shape index (κ2) is 11.5. The zero-order valence-electron chi connectivity index (χ0n) is 17.8. The predicted octanol–water partition coefficient (Wildman–Crippen LogP) is 3.12. The number of unbranched alkanes of at least 4 members (excludes halogenated alkanes) is 3. The second-order valence-electron chi connectivity index (χ2n) is 7.49. The number of carbonyl (C=O) groups excluding carboxylic acids is 3. The maximum Gasteiger partial charge on any atom is 0.339 e. The van der Waals surface area contributed by atoms with E-state index >= 15 is 0 Å². The van der Waals surface area contributed by atoms with Crippen LogP contribution in [0.3, 0.4) is 0 Å². The van der Waals surface area contributed by atoms with Gasteiger partial charge in [0.2, 0.25) is 5.91 Å². The van der Waals surface area contributed by atoms with Crippen LogP contribution in [0.25, 0.3) is 0 Å². The molecule has 29 heavy (non-hydrogen) atoms. The molecule has 1 aromatic rings. The van der Waals surface area contributed by atoms with Crippen LogP contribution in [0.1, 0.15) is 78.9 Å². The lowest BCUT2D eigenvalue weighted by Gasteiger charge is -2.32. The van der Waals surface area contributed by atoms with Crippen LogP contribution >= 0.6 is 0 Å². The van der Waals surface area contributed by atoms with E-state index in [0.29, 0.717) is 30.9 Å². The molecule has 7 heteroatoms. The highest BCUT2D eigenvalue weighted by molar-refractivity contribution is 5.95. The minimum Gasteiger partial charge on any atom is -0.462 e. The van der Waals surface area contributed by atoms with Crippen LogP contribution in [-0.2, 0) is 9.53 Å². The van der Waals surface area contributed by atoms with Gasteiger partial charge in [0.05, 0.1) is 23.8 Å². The number of carbonyl (C=O) groups is 3. The van der Waals surface area contributed by atoms with Crippen molar-refractivity contribution < 1.29 is 19.1 Å². The SMILES string of the molecule is CCCCCCNC(=O)C1CCCN(C(=O)c2ccc(C(=O)OCC)c(C)n2)C1. The Bertz CT molecular complexity index is 720. The molecule has 1 unspecified atom stereocenters. The van der Waals surface area contributed by atoms with Crippen LogP contribution in [0.4, 0.5) is 0 Å². The molecule has 0 radical (unpaired) electrons. The molecular formula is C22H33N3O4. The Kier molecular flexibility index (Phi) is 9.09. The maximum atomic E-state index is 12.9. The molecule has 2 rings (SSSR count). The minimum absolute atomic E-state index is 0.0285. The predicted molar refractivity (Wildman–Crippen MR) is 111 cm³/mol. The number of hydrogen-bond donors (Lipinski definition) is 1. The number of likely N-dealkylation sites (tertiary alicyclic amines) is 1. The first-order valence-electron chi connectivity index (χ1n) is 10.7. The largest absolute Gasteiger partial charge is 0.462 e. The number of ether oxygens (including phenoxy) is 1. The summed E-state index contributed by atoms with van der Waals surface area (Å²) in [6.45, 7) is 7.58. The van der Waals surface area contributed by atoms with E-state index in [9.17, 15) is 14.4 Å². The third-order valence-electron chi connectivity index (χ3n) is 5.21. The Morgan fingerprint density at radius 2 is 2.00 bits per heavy atom. The van der Waals surface area contributed by atoms with Crippen LogP contribution in [-0.4, -0.2) is 53.9 Å². The molecule has 0 aliphatic carbocycles. The van der Waals surface area contributed by atoms with E-state index in [0.717, 1.165) is 25.7 Å². The van der Waals surface area contributed by atoms with Gasteiger partial charge in [0.1, 0.15) is 5.69 Å². The Morgan fingerprint density at radius 3 is 2.69 bits per heavy atom. The lowest BCUT2D eigenvalue weighted by atomic mass is 9.96. The Morgan fingerprint density at radius 1 is 1.21 bits per heavy atom. The van der Waals surface area contributed by atoms with Gasteiger partial charge < -0.3 is 15.0 Å². The number of aromatic nitrogens is 1. The summed E-state index contributed by atoms with van der Waals surface area (Å²) in [5, 5.41) is 3.01. The van der Waals surface area contributed by atoms with Crippen LogP contribution in [0.5, 0.6) is 0 Å². The van der Waals surface area contributed by atoms with Gasteiger partial charge in [-0.25, -0.2) is 9.78 Å². The number of piperidine rings is 1. The van der Waals surface area contributed by atoms with E-state index < -0.39 is 5.97 Å². The third-order valence-corrected chi connectivity index (χ3v) is 5.21. The second-order valence-corrected chi connectivity index (χ2v) is 7.49. The molecule has 1 fully saturated rings. The fourth-order valence-corrected chi connectivity index (χ4v) is 3.55. The summed E-state index contributed by atoms with van der Waals surface area (Å²) < 4.78 is 5.00. The molecule has 2 amide bonds. The summed E-state index contributed by atoms with van der Waals surface area (Å²) in [5.41, 5.74) is 1.12. The van der Waals surface area contributed by atoms with Crippen molar-refractivity contribution in [2.24, 2.45) is 5.92 Å². The van der Waals surface area contributed by atoms with Gasteiger partial charge in [-0.1, -0.05) is 26.2 Å². The summed E-state index contributed by atoms with van der Waals surface area (Å²) in [4.78, 5) is 43.2. The molecule has 0 saturated carbocycles. The highest BCUT2D eigenvalue weighted by atomic mass is 16.5. The summed E-state index contributed by atoms with van der Waals surface area (Å²) in [5.74, 6) is -0.798. The Balaban J connectivity index is 1.94. The minimum atomic E-state index is -0.440. The van der Waals surface area contributed by atoms with Crippen LogP contribution < -0.4 is 5.32 Å². The number of amides is 2. The molecule has 0 spiro atoms. The van der Waals surface area contributed by atoms with Crippen molar-refractivity contribution in [3.63, 3.8) is 0 Å². The molecule has 1 atom stereocenters. The number of aryl methyl sites for hydroxylation is 1. The zero-order valence-corrected chi connectivity index (χ0v) is 17.8. The lowest BCUT2D eigenvalue weighted by Crippen LogP contribution is -2.45. The molecule has 0 bridgehead atoms. The van der Waals surface area contributed by atoms with Crippen molar-refractivity contribution in [2.75, 3.05) is 26.2 Å². The van der Waals surface area contributed by atoms with E-state index in [1.54, 1.807) is 30.9 Å². The fourth-order valence-electron chi connectivity index (χ4n) is 3.55. The smallest absolute Gasteiger partial charge is 0.339 e. The first-order chi connectivity index (χ1) is 14.0. The van der Waals surface area contributed by atoms with Gasteiger partial charge in [-0.15, -0.1) is 0 Å². The molecule has 1 aliphatic rings. The van der Waals surface area contributed by atoms with Crippen molar-refractivity contribution in [3.05, 3.63) is 29.1 Å². The molecule has 0 aromatic carbocycles. The molecule has 1 aromatic heterocycles. The van der Waals surface area contributed by atoms with Crippen LogP contribution in [0, 0.1) is 12.8 Å². The average Bonchev–Trinajstić information content (AvgIpc) is 2.73. The van der Waals surface area contributed by atoms with E-state index in [1.165, 1.54) is 12.8 Å². The van der Waals surface area contributed by atoms with Gasteiger partial charge >= 0.3 is 5.97 Å². The summed E-state index contributed by atoms with van der Waals surface area (Å²) in [6, 6.07) is 3.14. The molecule has 7 nitrogen and oxygen atoms in total. The van der Waals surface area contributed by atoms with Gasteiger partial charge in [-0.05, 0) is 45.2 Å². The number of nitrogens with zero attached hydrogens (tertiary/aromatic N) is 2. The average molecular weight is 404 g/mol. The summed E-state index contributed by atoms with van der Waals surface area (Å²) in [6.07, 6.45) is 6.05. The quantitative estimate of drug-likeness (QED) is 0.505. The van der Waals surface area contributed by atoms with E-state index in [4.69, 9.17) is 4.74 Å². The van der Waals surface area contributed by atoms with Crippen LogP contribution in [0.15, 0.2) is 12.1 Å². The van der Waals surface area contributed by atoms with Gasteiger partial charge in [-0.3, -0.25) is 9.59 Å². The van der Waals surface area contributed by atoms with E-state index in [-0.39, 0.29) is 30.0 Å². The van der Waals surface area contributed by atoms with Gasteiger partial charge in [0.25, 0.3) is 5.91 Å². The fraction of sp³-hybridized carbons (Fsp3) is 0.636. The van der Waals surface area contributed by atoms with Crippen molar-refractivity contribution >= 4 is 17.8 Å². The van der Waals surface area contributed by atoms with Crippen LogP contribution in [0.2, 0.25) is 0 Å².